The van der Waals surface area contributed by atoms with Crippen LogP contribution in [0.1, 0.15) is 32.6 Å². The fourth-order valence-electron chi connectivity index (χ4n) is 2.05. The van der Waals surface area contributed by atoms with E-state index in [0.29, 0.717) is 24.6 Å². The van der Waals surface area contributed by atoms with Gasteiger partial charge in [0.05, 0.1) is 6.07 Å². The minimum Gasteiger partial charge on any atom is -0.339 e. The lowest BCUT2D eigenvalue weighted by Gasteiger charge is -2.22. The number of hydrogen-bond acceptors (Lipinski definition) is 5. The molecule has 5 heteroatoms. The molecule has 2 aromatic rings. The van der Waals surface area contributed by atoms with Gasteiger partial charge < -0.3 is 4.52 Å². The first kappa shape index (κ1) is 15.6. The second-order valence-electron chi connectivity index (χ2n) is 5.42. The van der Waals surface area contributed by atoms with Gasteiger partial charge in [-0.15, -0.1) is 11.8 Å². The summed E-state index contributed by atoms with van der Waals surface area (Å²) in [6.07, 6.45) is 4.07. The van der Waals surface area contributed by atoms with Gasteiger partial charge in [-0.25, -0.2) is 0 Å². The molecule has 1 unspecified atom stereocenters. The number of thioether (sulfide) groups is 1. The third-order valence-corrected chi connectivity index (χ3v) is 4.50. The van der Waals surface area contributed by atoms with Crippen LogP contribution in [0.2, 0.25) is 0 Å². The Kier molecular flexibility index (Phi) is 5.03. The summed E-state index contributed by atoms with van der Waals surface area (Å²) < 4.78 is 5.34. The second kappa shape index (κ2) is 6.77. The van der Waals surface area contributed by atoms with Crippen molar-refractivity contribution < 1.29 is 4.52 Å². The first-order valence-corrected chi connectivity index (χ1v) is 8.16. The number of aromatic nitrogens is 2. The third-order valence-electron chi connectivity index (χ3n) is 3.75. The Balaban J connectivity index is 2.15. The Hall–Kier alpha value is -1.80. The summed E-state index contributed by atoms with van der Waals surface area (Å²) in [7, 11) is 0. The van der Waals surface area contributed by atoms with E-state index in [1.807, 2.05) is 30.5 Å². The number of hydrogen-bond donors (Lipinski definition) is 0. The van der Waals surface area contributed by atoms with Crippen molar-refractivity contribution in [1.82, 2.24) is 10.1 Å². The molecule has 0 radical (unpaired) electrons. The number of rotatable bonds is 6. The second-order valence-corrected chi connectivity index (χ2v) is 6.30. The summed E-state index contributed by atoms with van der Waals surface area (Å²) in [5, 5.41) is 13.0. The van der Waals surface area contributed by atoms with Crippen molar-refractivity contribution in [3.63, 3.8) is 0 Å². The van der Waals surface area contributed by atoms with E-state index in [1.54, 1.807) is 11.8 Å². The lowest BCUT2D eigenvalue weighted by atomic mass is 9.81. The molecule has 1 aromatic carbocycles. The zero-order valence-electron chi connectivity index (χ0n) is 12.6. The SMILES string of the molecule is CCC(C)(CC#N)Cc1nc(-c2ccc(SC)cc2)no1. The summed E-state index contributed by atoms with van der Waals surface area (Å²) >= 11 is 1.70. The molecular formula is C16H19N3OS. The fraction of sp³-hybridized carbons (Fsp3) is 0.438. The average Bonchev–Trinajstić information content (AvgIpc) is 2.96. The highest BCUT2D eigenvalue weighted by molar-refractivity contribution is 7.98. The largest absolute Gasteiger partial charge is 0.339 e. The highest BCUT2D eigenvalue weighted by Gasteiger charge is 2.25. The molecule has 0 saturated carbocycles. The summed E-state index contributed by atoms with van der Waals surface area (Å²) in [6.45, 7) is 4.16. The normalized spacial score (nSPS) is 13.6. The minimum atomic E-state index is -0.110. The van der Waals surface area contributed by atoms with Crippen molar-refractivity contribution in [2.24, 2.45) is 5.41 Å². The van der Waals surface area contributed by atoms with Crippen LogP contribution in [0.25, 0.3) is 11.4 Å². The zero-order valence-corrected chi connectivity index (χ0v) is 13.4. The van der Waals surface area contributed by atoms with Crippen molar-refractivity contribution in [1.29, 1.82) is 5.26 Å². The van der Waals surface area contributed by atoms with Crippen molar-refractivity contribution in [3.8, 4) is 17.5 Å². The summed E-state index contributed by atoms with van der Waals surface area (Å²) in [6, 6.07) is 10.3. The number of benzene rings is 1. The van der Waals surface area contributed by atoms with E-state index in [-0.39, 0.29) is 5.41 Å². The van der Waals surface area contributed by atoms with E-state index >= 15 is 0 Å². The van der Waals surface area contributed by atoms with Crippen molar-refractivity contribution in [2.75, 3.05) is 6.26 Å². The number of nitrogens with zero attached hydrogens (tertiary/aromatic N) is 3. The van der Waals surface area contributed by atoms with Gasteiger partial charge in [-0.2, -0.15) is 10.2 Å². The molecule has 0 bridgehead atoms. The van der Waals surface area contributed by atoms with Crippen LogP contribution >= 0.6 is 11.8 Å². The average molecular weight is 301 g/mol. The van der Waals surface area contributed by atoms with E-state index in [2.05, 4.69) is 30.1 Å². The predicted molar refractivity (Wildman–Crippen MR) is 83.8 cm³/mol. The maximum absolute atomic E-state index is 8.92. The quantitative estimate of drug-likeness (QED) is 0.743. The van der Waals surface area contributed by atoms with Crippen LogP contribution in [0.4, 0.5) is 0 Å². The molecule has 0 aliphatic carbocycles. The molecule has 1 atom stereocenters. The van der Waals surface area contributed by atoms with Crippen LogP contribution < -0.4 is 0 Å². The van der Waals surface area contributed by atoms with Gasteiger partial charge in [-0.05, 0) is 42.4 Å². The lowest BCUT2D eigenvalue weighted by Crippen LogP contribution is -2.18. The Morgan fingerprint density at radius 2 is 2.05 bits per heavy atom. The summed E-state index contributed by atoms with van der Waals surface area (Å²) in [4.78, 5) is 5.66. The zero-order chi connectivity index (χ0) is 15.3. The molecule has 21 heavy (non-hydrogen) atoms. The van der Waals surface area contributed by atoms with Gasteiger partial charge >= 0.3 is 0 Å². The van der Waals surface area contributed by atoms with Crippen LogP contribution in [0, 0.1) is 16.7 Å². The molecule has 2 rings (SSSR count). The van der Waals surface area contributed by atoms with Crippen LogP contribution in [0.5, 0.6) is 0 Å². The minimum absolute atomic E-state index is 0.110. The smallest absolute Gasteiger partial charge is 0.227 e. The van der Waals surface area contributed by atoms with Gasteiger partial charge in [0.25, 0.3) is 0 Å². The lowest BCUT2D eigenvalue weighted by molar-refractivity contribution is 0.266. The highest BCUT2D eigenvalue weighted by Crippen LogP contribution is 2.30. The molecular weight excluding hydrogens is 282 g/mol. The molecule has 0 spiro atoms. The van der Waals surface area contributed by atoms with Gasteiger partial charge in [0.15, 0.2) is 0 Å². The van der Waals surface area contributed by atoms with E-state index in [4.69, 9.17) is 9.78 Å². The summed E-state index contributed by atoms with van der Waals surface area (Å²) in [5.74, 6) is 1.20. The summed E-state index contributed by atoms with van der Waals surface area (Å²) in [5.41, 5.74) is 0.836. The Morgan fingerprint density at radius 1 is 1.33 bits per heavy atom. The van der Waals surface area contributed by atoms with Gasteiger partial charge in [-0.3, -0.25) is 0 Å². The van der Waals surface area contributed by atoms with Crippen LogP contribution in [-0.2, 0) is 6.42 Å². The maximum atomic E-state index is 8.92. The Morgan fingerprint density at radius 3 is 2.62 bits per heavy atom. The fourth-order valence-corrected chi connectivity index (χ4v) is 2.46. The molecule has 0 saturated heterocycles. The molecule has 1 aromatic heterocycles. The Labute approximate surface area is 129 Å². The predicted octanol–water partition coefficient (Wildman–Crippen LogP) is 4.33. The molecule has 0 fully saturated rings. The van der Waals surface area contributed by atoms with Crippen LogP contribution in [-0.4, -0.2) is 16.4 Å². The molecule has 110 valence electrons. The van der Waals surface area contributed by atoms with Crippen molar-refractivity contribution in [3.05, 3.63) is 30.2 Å². The molecule has 0 N–H and O–H groups in total. The number of nitriles is 1. The monoisotopic (exact) mass is 301 g/mol. The van der Waals surface area contributed by atoms with Gasteiger partial charge in [-0.1, -0.05) is 19.0 Å². The van der Waals surface area contributed by atoms with Crippen LogP contribution in [0.3, 0.4) is 0 Å². The van der Waals surface area contributed by atoms with E-state index < -0.39 is 0 Å². The highest BCUT2D eigenvalue weighted by atomic mass is 32.2. The molecule has 4 nitrogen and oxygen atoms in total. The molecule has 1 heterocycles. The first-order valence-electron chi connectivity index (χ1n) is 6.94. The first-order chi connectivity index (χ1) is 10.1. The van der Waals surface area contributed by atoms with Crippen LogP contribution in [0.15, 0.2) is 33.7 Å². The van der Waals surface area contributed by atoms with Gasteiger partial charge in [0.1, 0.15) is 0 Å². The van der Waals surface area contributed by atoms with E-state index in [0.717, 1.165) is 12.0 Å². The molecule has 0 aliphatic heterocycles. The van der Waals surface area contributed by atoms with E-state index in [9.17, 15) is 0 Å². The molecule has 0 aliphatic rings. The Bertz CT molecular complexity index is 630. The van der Waals surface area contributed by atoms with Crippen molar-refractivity contribution in [2.45, 2.75) is 38.0 Å². The topological polar surface area (TPSA) is 62.7 Å². The third kappa shape index (κ3) is 3.85. The standard InChI is InChI=1S/C16H19N3OS/c1-4-16(2,9-10-17)11-14-18-15(19-20-14)12-5-7-13(21-3)8-6-12/h5-8H,4,9,11H2,1-3H3. The van der Waals surface area contributed by atoms with Gasteiger partial charge in [0, 0.05) is 23.3 Å². The van der Waals surface area contributed by atoms with Crippen molar-refractivity contribution >= 4 is 11.8 Å². The van der Waals surface area contributed by atoms with E-state index in [1.165, 1.54) is 4.90 Å². The van der Waals surface area contributed by atoms with Gasteiger partial charge in [0.2, 0.25) is 11.7 Å². The maximum Gasteiger partial charge on any atom is 0.227 e. The molecule has 0 amide bonds.